The van der Waals surface area contributed by atoms with Crippen LogP contribution in [0.5, 0.6) is 0 Å². The van der Waals surface area contributed by atoms with Gasteiger partial charge in [-0.2, -0.15) is 0 Å². The lowest BCUT2D eigenvalue weighted by Crippen LogP contribution is -1.94. The summed E-state index contributed by atoms with van der Waals surface area (Å²) in [5.41, 5.74) is 0. The number of aryl methyl sites for hydroxylation is 1. The molecule has 0 saturated heterocycles. The van der Waals surface area contributed by atoms with E-state index >= 15 is 0 Å². The first kappa shape index (κ1) is 12.2. The number of unbranched alkanes of at least 4 members (excludes halogenated alkanes) is 7. The molecule has 0 fully saturated rings. The Bertz CT molecular complexity index is 219. The third kappa shape index (κ3) is 6.26. The standard InChI is InChI=1S/C12H23N3/c1-2-3-4-5-6-7-8-9-10-15-11-13-14-12-15/h11-12H,2-10H2,1H3. The summed E-state index contributed by atoms with van der Waals surface area (Å²) in [6.45, 7) is 3.33. The minimum Gasteiger partial charge on any atom is -0.320 e. The largest absolute Gasteiger partial charge is 0.320 e. The quantitative estimate of drug-likeness (QED) is 0.583. The van der Waals surface area contributed by atoms with E-state index in [1.807, 2.05) is 0 Å². The molecule has 86 valence electrons. The Morgan fingerprint density at radius 2 is 1.33 bits per heavy atom. The van der Waals surface area contributed by atoms with Gasteiger partial charge in [-0.05, 0) is 6.42 Å². The van der Waals surface area contributed by atoms with Gasteiger partial charge in [0.2, 0.25) is 0 Å². The van der Waals surface area contributed by atoms with Gasteiger partial charge in [-0.25, -0.2) is 0 Å². The lowest BCUT2D eigenvalue weighted by atomic mass is 10.1. The van der Waals surface area contributed by atoms with Crippen LogP contribution in [0.1, 0.15) is 58.3 Å². The fourth-order valence-electron chi connectivity index (χ4n) is 1.77. The van der Waals surface area contributed by atoms with E-state index in [9.17, 15) is 0 Å². The van der Waals surface area contributed by atoms with Crippen molar-refractivity contribution in [3.8, 4) is 0 Å². The Balaban J connectivity index is 1.81. The van der Waals surface area contributed by atoms with E-state index < -0.39 is 0 Å². The van der Waals surface area contributed by atoms with Crippen LogP contribution in [-0.2, 0) is 6.54 Å². The number of hydrogen-bond acceptors (Lipinski definition) is 2. The molecular formula is C12H23N3. The Morgan fingerprint density at radius 1 is 0.800 bits per heavy atom. The predicted octanol–water partition coefficient (Wildman–Crippen LogP) is 3.42. The van der Waals surface area contributed by atoms with E-state index in [2.05, 4.69) is 21.7 Å². The average molecular weight is 209 g/mol. The zero-order chi connectivity index (χ0) is 10.8. The molecule has 0 bridgehead atoms. The van der Waals surface area contributed by atoms with Gasteiger partial charge >= 0.3 is 0 Å². The van der Waals surface area contributed by atoms with Crippen LogP contribution in [0, 0.1) is 0 Å². The highest BCUT2D eigenvalue weighted by Gasteiger charge is 1.93. The Morgan fingerprint density at radius 3 is 1.93 bits per heavy atom. The molecular weight excluding hydrogens is 186 g/mol. The molecule has 1 rings (SSSR count). The van der Waals surface area contributed by atoms with E-state index in [1.165, 1.54) is 51.4 Å². The Hall–Kier alpha value is -0.860. The first-order valence-electron chi connectivity index (χ1n) is 6.26. The molecule has 0 aromatic carbocycles. The molecule has 3 nitrogen and oxygen atoms in total. The molecule has 0 amide bonds. The molecule has 1 heterocycles. The molecule has 0 N–H and O–H groups in total. The maximum Gasteiger partial charge on any atom is 0.119 e. The summed E-state index contributed by atoms with van der Waals surface area (Å²) in [7, 11) is 0. The molecule has 0 spiro atoms. The van der Waals surface area contributed by atoms with Gasteiger partial charge < -0.3 is 4.57 Å². The van der Waals surface area contributed by atoms with Crippen LogP contribution >= 0.6 is 0 Å². The van der Waals surface area contributed by atoms with Gasteiger partial charge in [-0.15, -0.1) is 10.2 Å². The maximum absolute atomic E-state index is 3.78. The van der Waals surface area contributed by atoms with Crippen LogP contribution in [-0.4, -0.2) is 14.8 Å². The summed E-state index contributed by atoms with van der Waals surface area (Å²) in [4.78, 5) is 0. The van der Waals surface area contributed by atoms with Gasteiger partial charge in [0, 0.05) is 6.54 Å². The van der Waals surface area contributed by atoms with Crippen LogP contribution in [0.15, 0.2) is 12.7 Å². The average Bonchev–Trinajstić information content (AvgIpc) is 2.75. The molecule has 15 heavy (non-hydrogen) atoms. The van der Waals surface area contributed by atoms with Crippen molar-refractivity contribution < 1.29 is 0 Å². The highest BCUT2D eigenvalue weighted by atomic mass is 15.2. The molecule has 0 aliphatic carbocycles. The fourth-order valence-corrected chi connectivity index (χ4v) is 1.77. The third-order valence-electron chi connectivity index (χ3n) is 2.74. The summed E-state index contributed by atoms with van der Waals surface area (Å²) >= 11 is 0. The van der Waals surface area contributed by atoms with Crippen molar-refractivity contribution in [2.24, 2.45) is 0 Å². The normalized spacial score (nSPS) is 10.7. The van der Waals surface area contributed by atoms with E-state index in [0.29, 0.717) is 0 Å². The maximum atomic E-state index is 3.78. The van der Waals surface area contributed by atoms with Gasteiger partial charge in [-0.1, -0.05) is 51.9 Å². The van der Waals surface area contributed by atoms with E-state index in [4.69, 9.17) is 0 Å². The Labute approximate surface area is 92.9 Å². The van der Waals surface area contributed by atoms with Crippen LogP contribution in [0.25, 0.3) is 0 Å². The van der Waals surface area contributed by atoms with Crippen LogP contribution in [0.2, 0.25) is 0 Å². The van der Waals surface area contributed by atoms with Gasteiger partial charge in [0.1, 0.15) is 12.7 Å². The first-order chi connectivity index (χ1) is 7.43. The van der Waals surface area contributed by atoms with E-state index in [-0.39, 0.29) is 0 Å². The Kier molecular flexibility index (Phi) is 6.88. The number of rotatable bonds is 9. The summed E-state index contributed by atoms with van der Waals surface area (Å²) < 4.78 is 2.05. The van der Waals surface area contributed by atoms with Crippen molar-refractivity contribution in [2.45, 2.75) is 64.8 Å². The van der Waals surface area contributed by atoms with Crippen LogP contribution < -0.4 is 0 Å². The summed E-state index contributed by atoms with van der Waals surface area (Å²) in [5, 5.41) is 7.57. The molecule has 0 atom stereocenters. The molecule has 0 saturated carbocycles. The molecule has 1 aromatic rings. The highest BCUT2D eigenvalue weighted by molar-refractivity contribution is 4.59. The summed E-state index contributed by atoms with van der Waals surface area (Å²) in [6.07, 6.45) is 14.5. The van der Waals surface area contributed by atoms with Crippen molar-refractivity contribution >= 4 is 0 Å². The van der Waals surface area contributed by atoms with Gasteiger partial charge in [0.25, 0.3) is 0 Å². The number of hydrogen-bond donors (Lipinski definition) is 0. The fraction of sp³-hybridized carbons (Fsp3) is 0.833. The van der Waals surface area contributed by atoms with Gasteiger partial charge in [0.05, 0.1) is 0 Å². The highest BCUT2D eigenvalue weighted by Crippen LogP contribution is 2.08. The second kappa shape index (κ2) is 8.45. The van der Waals surface area contributed by atoms with Crippen LogP contribution in [0.3, 0.4) is 0 Å². The third-order valence-corrected chi connectivity index (χ3v) is 2.74. The molecule has 0 aliphatic rings. The molecule has 3 heteroatoms. The molecule has 0 unspecified atom stereocenters. The smallest absolute Gasteiger partial charge is 0.119 e. The summed E-state index contributed by atoms with van der Waals surface area (Å²) in [6, 6.07) is 0. The minimum atomic E-state index is 1.07. The SMILES string of the molecule is CCCCCCCCCCn1cnnc1. The molecule has 1 aromatic heterocycles. The van der Waals surface area contributed by atoms with Gasteiger partial charge in [-0.3, -0.25) is 0 Å². The van der Waals surface area contributed by atoms with Crippen molar-refractivity contribution in [2.75, 3.05) is 0 Å². The lowest BCUT2D eigenvalue weighted by molar-refractivity contribution is 0.543. The number of nitrogens with zero attached hydrogens (tertiary/aromatic N) is 3. The van der Waals surface area contributed by atoms with E-state index in [0.717, 1.165) is 6.54 Å². The van der Waals surface area contributed by atoms with Crippen LogP contribution in [0.4, 0.5) is 0 Å². The van der Waals surface area contributed by atoms with Crippen molar-refractivity contribution in [3.63, 3.8) is 0 Å². The van der Waals surface area contributed by atoms with E-state index in [1.54, 1.807) is 12.7 Å². The topological polar surface area (TPSA) is 30.7 Å². The predicted molar refractivity (Wildman–Crippen MR) is 62.6 cm³/mol. The summed E-state index contributed by atoms with van der Waals surface area (Å²) in [5.74, 6) is 0. The molecule has 0 aliphatic heterocycles. The number of aromatic nitrogens is 3. The van der Waals surface area contributed by atoms with Crippen molar-refractivity contribution in [3.05, 3.63) is 12.7 Å². The van der Waals surface area contributed by atoms with Crippen molar-refractivity contribution in [1.82, 2.24) is 14.8 Å². The minimum absolute atomic E-state index is 1.07. The first-order valence-corrected chi connectivity index (χ1v) is 6.26. The lowest BCUT2D eigenvalue weighted by Gasteiger charge is -2.02. The van der Waals surface area contributed by atoms with Crippen molar-refractivity contribution in [1.29, 1.82) is 0 Å². The second-order valence-electron chi connectivity index (χ2n) is 4.17. The second-order valence-corrected chi connectivity index (χ2v) is 4.17. The van der Waals surface area contributed by atoms with Gasteiger partial charge in [0.15, 0.2) is 0 Å². The molecule has 0 radical (unpaired) electrons. The monoisotopic (exact) mass is 209 g/mol. The zero-order valence-electron chi connectivity index (χ0n) is 9.86. The zero-order valence-corrected chi connectivity index (χ0v) is 9.86.